The quantitative estimate of drug-likeness (QED) is 0.654. The number of hydrogen-bond acceptors (Lipinski definition) is 3. The highest BCUT2D eigenvalue weighted by Gasteiger charge is 2.34. The molecule has 1 aromatic heterocycles. The molecular weight excluding hydrogens is 411 g/mol. The summed E-state index contributed by atoms with van der Waals surface area (Å²) in [4.78, 5) is 29.1. The second-order valence-electron chi connectivity index (χ2n) is 7.34. The number of halogens is 2. The van der Waals surface area contributed by atoms with Crippen molar-refractivity contribution in [2.75, 3.05) is 32.1 Å². The lowest BCUT2D eigenvalue weighted by atomic mass is 10.3. The van der Waals surface area contributed by atoms with Gasteiger partial charge in [0.2, 0.25) is 5.91 Å². The van der Waals surface area contributed by atoms with Crippen molar-refractivity contribution in [3.63, 3.8) is 0 Å². The molecule has 1 fully saturated rings. The summed E-state index contributed by atoms with van der Waals surface area (Å²) in [5, 5.41) is 2.58. The van der Waals surface area contributed by atoms with E-state index in [1.165, 1.54) is 30.2 Å². The number of benzene rings is 1. The number of urea groups is 1. The van der Waals surface area contributed by atoms with E-state index in [2.05, 4.69) is 5.32 Å². The first kappa shape index (κ1) is 22.1. The molecule has 30 heavy (non-hydrogen) atoms. The van der Waals surface area contributed by atoms with Crippen molar-refractivity contribution in [2.45, 2.75) is 25.4 Å². The Morgan fingerprint density at radius 3 is 2.70 bits per heavy atom. The Kier molecular flexibility index (Phi) is 7.33. The van der Waals surface area contributed by atoms with Crippen molar-refractivity contribution in [3.05, 3.63) is 53.1 Å². The maximum atomic E-state index is 13.4. The third-order valence-corrected chi connectivity index (χ3v) is 5.33. The summed E-state index contributed by atoms with van der Waals surface area (Å²) in [7, 11) is 3.47. The fourth-order valence-electron chi connectivity index (χ4n) is 3.13. The smallest absolute Gasteiger partial charge is 0.322 e. The van der Waals surface area contributed by atoms with Crippen LogP contribution in [0.4, 0.5) is 14.9 Å². The number of carbonyl (C=O) groups excluding carboxylic acids is 2. The van der Waals surface area contributed by atoms with Crippen LogP contribution in [0.2, 0.25) is 5.02 Å². The molecule has 162 valence electrons. The second kappa shape index (κ2) is 9.95. The van der Waals surface area contributed by atoms with Crippen molar-refractivity contribution >= 4 is 29.2 Å². The Labute approximate surface area is 180 Å². The van der Waals surface area contributed by atoms with Crippen LogP contribution in [0.5, 0.6) is 0 Å². The van der Waals surface area contributed by atoms with Gasteiger partial charge in [-0.25, -0.2) is 9.18 Å². The summed E-state index contributed by atoms with van der Waals surface area (Å²) in [5.41, 5.74) is 1.38. The number of amides is 3. The van der Waals surface area contributed by atoms with Crippen LogP contribution in [0.15, 0.2) is 36.5 Å². The Bertz CT molecular complexity index is 900. The van der Waals surface area contributed by atoms with E-state index in [1.807, 2.05) is 34.8 Å². The lowest BCUT2D eigenvalue weighted by Crippen LogP contribution is -2.46. The summed E-state index contributed by atoms with van der Waals surface area (Å²) >= 11 is 5.79. The largest absolute Gasteiger partial charge is 0.383 e. The number of aryl methyl sites for hydroxylation is 1. The molecule has 1 heterocycles. The average molecular weight is 437 g/mol. The first-order valence-electron chi connectivity index (χ1n) is 9.78. The first-order chi connectivity index (χ1) is 14.4. The molecule has 0 radical (unpaired) electrons. The fraction of sp³-hybridized carbons (Fsp3) is 0.429. The van der Waals surface area contributed by atoms with Crippen LogP contribution in [0.1, 0.15) is 18.5 Å². The van der Waals surface area contributed by atoms with E-state index >= 15 is 0 Å². The van der Waals surface area contributed by atoms with Crippen LogP contribution in [0, 0.1) is 5.82 Å². The number of nitrogens with zero attached hydrogens (tertiary/aromatic N) is 3. The predicted molar refractivity (Wildman–Crippen MR) is 113 cm³/mol. The molecule has 1 aromatic carbocycles. The molecule has 1 aliphatic carbocycles. The van der Waals surface area contributed by atoms with Crippen molar-refractivity contribution in [2.24, 2.45) is 7.05 Å². The zero-order valence-electron chi connectivity index (χ0n) is 17.1. The summed E-state index contributed by atoms with van der Waals surface area (Å²) in [6, 6.07) is 7.58. The van der Waals surface area contributed by atoms with Gasteiger partial charge in [-0.3, -0.25) is 4.79 Å². The minimum Gasteiger partial charge on any atom is -0.383 e. The van der Waals surface area contributed by atoms with Gasteiger partial charge < -0.3 is 24.4 Å². The Morgan fingerprint density at radius 2 is 2.10 bits per heavy atom. The minimum atomic E-state index is -0.568. The lowest BCUT2D eigenvalue weighted by molar-refractivity contribution is -0.133. The lowest BCUT2D eigenvalue weighted by Gasteiger charge is -2.28. The minimum absolute atomic E-state index is 0.0783. The van der Waals surface area contributed by atoms with Crippen LogP contribution in [-0.4, -0.2) is 59.2 Å². The van der Waals surface area contributed by atoms with Crippen LogP contribution >= 0.6 is 11.6 Å². The molecule has 0 bridgehead atoms. The molecular formula is C21H26ClFN4O3. The summed E-state index contributed by atoms with van der Waals surface area (Å²) in [6.45, 7) is 0.948. The number of aromatic nitrogens is 1. The molecule has 1 N–H and O–H groups in total. The highest BCUT2D eigenvalue weighted by atomic mass is 35.5. The van der Waals surface area contributed by atoms with E-state index in [1.54, 1.807) is 0 Å². The van der Waals surface area contributed by atoms with E-state index in [9.17, 15) is 14.0 Å². The van der Waals surface area contributed by atoms with Gasteiger partial charge in [0, 0.05) is 44.3 Å². The molecule has 0 atom stereocenters. The van der Waals surface area contributed by atoms with E-state index in [0.29, 0.717) is 12.2 Å². The second-order valence-corrected chi connectivity index (χ2v) is 7.74. The van der Waals surface area contributed by atoms with Crippen molar-refractivity contribution in [1.82, 2.24) is 14.4 Å². The van der Waals surface area contributed by atoms with Crippen LogP contribution in [0.25, 0.3) is 0 Å². The van der Waals surface area contributed by atoms with E-state index in [0.717, 1.165) is 18.5 Å². The monoisotopic (exact) mass is 436 g/mol. The zero-order valence-corrected chi connectivity index (χ0v) is 17.9. The molecule has 1 saturated carbocycles. The van der Waals surface area contributed by atoms with Gasteiger partial charge in [-0.05, 0) is 43.2 Å². The van der Waals surface area contributed by atoms with Crippen LogP contribution < -0.4 is 5.32 Å². The van der Waals surface area contributed by atoms with Gasteiger partial charge in [0.1, 0.15) is 12.4 Å². The molecule has 3 rings (SSSR count). The topological polar surface area (TPSA) is 66.8 Å². The molecule has 0 unspecified atom stereocenters. The van der Waals surface area contributed by atoms with Crippen molar-refractivity contribution in [3.8, 4) is 0 Å². The van der Waals surface area contributed by atoms with E-state index in [-0.39, 0.29) is 36.7 Å². The van der Waals surface area contributed by atoms with Gasteiger partial charge in [-0.1, -0.05) is 11.6 Å². The van der Waals surface area contributed by atoms with Crippen molar-refractivity contribution in [1.29, 1.82) is 0 Å². The Balaban J connectivity index is 1.68. The van der Waals surface area contributed by atoms with Gasteiger partial charge in [0.15, 0.2) is 0 Å². The Hall–Kier alpha value is -2.58. The number of hydrogen-bond donors (Lipinski definition) is 1. The first-order valence-corrected chi connectivity index (χ1v) is 10.2. The molecule has 0 saturated heterocycles. The van der Waals surface area contributed by atoms with Crippen LogP contribution in [0.3, 0.4) is 0 Å². The highest BCUT2D eigenvalue weighted by molar-refractivity contribution is 6.31. The molecule has 9 heteroatoms. The molecule has 7 nitrogen and oxygen atoms in total. The number of carbonyl (C=O) groups is 2. The molecule has 3 amide bonds. The number of nitrogens with one attached hydrogen (secondary N) is 1. The highest BCUT2D eigenvalue weighted by Crippen LogP contribution is 2.28. The zero-order chi connectivity index (χ0) is 21.7. The van der Waals surface area contributed by atoms with Gasteiger partial charge in [-0.15, -0.1) is 0 Å². The standard InChI is InChI=1S/C21H26ClFN4O3/c1-25-9-3-4-17(25)13-27(16-6-7-16)20(28)14-26(10-11-30-2)21(29)24-15-5-8-19(23)18(22)12-15/h3-5,8-9,12,16H,6-7,10-11,13-14H2,1-2H3,(H,24,29). The van der Waals surface area contributed by atoms with Gasteiger partial charge in [0.05, 0.1) is 18.2 Å². The third kappa shape index (κ3) is 5.73. The maximum Gasteiger partial charge on any atom is 0.322 e. The maximum absolute atomic E-state index is 13.4. The molecule has 0 aliphatic heterocycles. The summed E-state index contributed by atoms with van der Waals surface area (Å²) in [5.74, 6) is -0.691. The average Bonchev–Trinajstić information content (AvgIpc) is 3.47. The molecule has 0 spiro atoms. The number of anilines is 1. The van der Waals surface area contributed by atoms with Gasteiger partial charge in [0.25, 0.3) is 0 Å². The van der Waals surface area contributed by atoms with Gasteiger partial charge in [-0.2, -0.15) is 0 Å². The number of ether oxygens (including phenoxy) is 1. The predicted octanol–water partition coefficient (Wildman–Crippen LogP) is 3.49. The fourth-order valence-corrected chi connectivity index (χ4v) is 3.31. The summed E-state index contributed by atoms with van der Waals surface area (Å²) < 4.78 is 20.4. The molecule has 2 aromatic rings. The summed E-state index contributed by atoms with van der Waals surface area (Å²) in [6.07, 6.45) is 3.88. The van der Waals surface area contributed by atoms with Crippen LogP contribution in [-0.2, 0) is 23.1 Å². The SMILES string of the molecule is COCCN(CC(=O)N(Cc1cccn1C)C1CC1)C(=O)Nc1ccc(F)c(Cl)c1. The molecule has 1 aliphatic rings. The number of rotatable bonds is 9. The Morgan fingerprint density at radius 1 is 1.33 bits per heavy atom. The number of methoxy groups -OCH3 is 1. The van der Waals surface area contributed by atoms with E-state index < -0.39 is 11.8 Å². The van der Waals surface area contributed by atoms with Gasteiger partial charge >= 0.3 is 6.03 Å². The third-order valence-electron chi connectivity index (χ3n) is 5.04. The normalized spacial score (nSPS) is 13.2. The van der Waals surface area contributed by atoms with E-state index in [4.69, 9.17) is 16.3 Å². The van der Waals surface area contributed by atoms with Crippen molar-refractivity contribution < 1.29 is 18.7 Å².